The highest BCUT2D eigenvalue weighted by Crippen LogP contribution is 2.47. The van der Waals surface area contributed by atoms with E-state index in [-0.39, 0.29) is 0 Å². The van der Waals surface area contributed by atoms with Gasteiger partial charge in [0.05, 0.1) is 27.8 Å². The fraction of sp³-hybridized carbons (Fsp3) is 0. The SMILES string of the molecule is c1ccc2c(c1)-c1ccccc1-n1c3ccc(-c4ccc5c(c4)c4ccccc4n5-c4ccc5ccccc5c4)cc3c3cccc-2c31. The van der Waals surface area contributed by atoms with Crippen molar-refractivity contribution in [1.29, 1.82) is 0 Å². The average molecular weight is 609 g/mol. The summed E-state index contributed by atoms with van der Waals surface area (Å²) < 4.78 is 4.90. The Labute approximate surface area is 277 Å². The molecule has 10 aromatic rings. The van der Waals surface area contributed by atoms with Gasteiger partial charge in [0.15, 0.2) is 0 Å². The third-order valence-electron chi connectivity index (χ3n) is 10.4. The number of benzene rings is 8. The second kappa shape index (κ2) is 9.57. The van der Waals surface area contributed by atoms with Gasteiger partial charge in [-0.1, -0.05) is 121 Å². The van der Waals surface area contributed by atoms with Crippen molar-refractivity contribution >= 4 is 54.4 Å². The van der Waals surface area contributed by atoms with Crippen LogP contribution in [0, 0.1) is 0 Å². The van der Waals surface area contributed by atoms with Crippen LogP contribution in [0.4, 0.5) is 0 Å². The Balaban J connectivity index is 1.14. The van der Waals surface area contributed by atoms with Crippen LogP contribution in [0.5, 0.6) is 0 Å². The molecule has 3 heterocycles. The molecule has 0 aliphatic carbocycles. The second-order valence-electron chi connectivity index (χ2n) is 12.9. The van der Waals surface area contributed by atoms with E-state index in [2.05, 4.69) is 179 Å². The quantitative estimate of drug-likeness (QED) is 0.185. The summed E-state index contributed by atoms with van der Waals surface area (Å²) in [7, 11) is 0. The molecule has 2 heteroatoms. The normalized spacial score (nSPS) is 12.2. The van der Waals surface area contributed by atoms with Crippen LogP contribution in [-0.4, -0.2) is 9.13 Å². The summed E-state index contributed by atoms with van der Waals surface area (Å²) in [5.41, 5.74) is 14.9. The van der Waals surface area contributed by atoms with Crippen LogP contribution in [-0.2, 0) is 0 Å². The van der Waals surface area contributed by atoms with Crippen LogP contribution in [0.15, 0.2) is 170 Å². The maximum absolute atomic E-state index is 2.49. The number of fused-ring (bicyclic) bond motifs is 12. The van der Waals surface area contributed by atoms with E-state index in [4.69, 9.17) is 0 Å². The Kier molecular flexibility index (Phi) is 5.14. The van der Waals surface area contributed by atoms with Crippen molar-refractivity contribution in [3.05, 3.63) is 170 Å². The molecule has 2 nitrogen and oxygen atoms in total. The lowest BCUT2D eigenvalue weighted by Gasteiger charge is -2.12. The second-order valence-corrected chi connectivity index (χ2v) is 12.9. The molecule has 1 aliphatic heterocycles. The van der Waals surface area contributed by atoms with E-state index in [9.17, 15) is 0 Å². The molecule has 0 saturated carbocycles. The maximum atomic E-state index is 2.49. The van der Waals surface area contributed by atoms with E-state index in [1.54, 1.807) is 0 Å². The summed E-state index contributed by atoms with van der Waals surface area (Å²) in [6, 6.07) is 62.6. The van der Waals surface area contributed by atoms with Crippen molar-refractivity contribution in [3.8, 4) is 44.8 Å². The predicted octanol–water partition coefficient (Wildman–Crippen LogP) is 12.3. The molecule has 0 spiro atoms. The average Bonchev–Trinajstić information content (AvgIpc) is 3.62. The third kappa shape index (κ3) is 3.46. The molecular weight excluding hydrogens is 581 g/mol. The first-order valence-corrected chi connectivity index (χ1v) is 16.6. The lowest BCUT2D eigenvalue weighted by molar-refractivity contribution is 1.19. The standard InChI is InChI=1S/C46H28N2/c1-2-11-30-26-33(23-20-29(30)10-1)47-42-18-7-6-15-37(42)40-27-31(21-24-44(40)47)32-22-25-45-41(28-32)39-17-9-16-38-35-13-4-3-12-34(35)36-14-5-8-19-43(36)48(45)46(38)39/h1-28H. The molecule has 0 atom stereocenters. The van der Waals surface area contributed by atoms with E-state index >= 15 is 0 Å². The Morgan fingerprint density at radius 3 is 1.73 bits per heavy atom. The molecule has 0 unspecified atom stereocenters. The van der Waals surface area contributed by atoms with Gasteiger partial charge in [0.1, 0.15) is 0 Å². The van der Waals surface area contributed by atoms with Gasteiger partial charge in [-0.15, -0.1) is 0 Å². The van der Waals surface area contributed by atoms with Crippen molar-refractivity contribution in [1.82, 2.24) is 9.13 Å². The van der Waals surface area contributed by atoms with E-state index in [1.165, 1.54) is 99.1 Å². The summed E-state index contributed by atoms with van der Waals surface area (Å²) in [5.74, 6) is 0. The first-order chi connectivity index (χ1) is 23.8. The Hall–Kier alpha value is -6.38. The maximum Gasteiger partial charge on any atom is 0.0619 e. The monoisotopic (exact) mass is 608 g/mol. The number of aromatic nitrogens is 2. The van der Waals surface area contributed by atoms with Crippen LogP contribution in [0.3, 0.4) is 0 Å². The van der Waals surface area contributed by atoms with E-state index in [0.717, 1.165) is 0 Å². The Bertz CT molecular complexity index is 2950. The van der Waals surface area contributed by atoms with E-state index in [1.807, 2.05) is 0 Å². The molecule has 1 aliphatic rings. The van der Waals surface area contributed by atoms with Crippen molar-refractivity contribution in [2.45, 2.75) is 0 Å². The number of para-hydroxylation sites is 3. The summed E-state index contributed by atoms with van der Waals surface area (Å²) in [5, 5.41) is 7.59. The summed E-state index contributed by atoms with van der Waals surface area (Å²) in [4.78, 5) is 0. The molecule has 0 bridgehead atoms. The lowest BCUT2D eigenvalue weighted by atomic mass is 9.93. The molecule has 0 radical (unpaired) electrons. The molecular formula is C46H28N2. The Morgan fingerprint density at radius 1 is 0.312 bits per heavy atom. The van der Waals surface area contributed by atoms with Gasteiger partial charge in [0.25, 0.3) is 0 Å². The number of hydrogen-bond acceptors (Lipinski definition) is 0. The van der Waals surface area contributed by atoms with Crippen LogP contribution in [0.2, 0.25) is 0 Å². The van der Waals surface area contributed by atoms with Crippen LogP contribution in [0.25, 0.3) is 99.1 Å². The highest BCUT2D eigenvalue weighted by molar-refractivity contribution is 6.17. The van der Waals surface area contributed by atoms with Gasteiger partial charge in [0, 0.05) is 38.4 Å². The summed E-state index contributed by atoms with van der Waals surface area (Å²) in [6.45, 7) is 0. The summed E-state index contributed by atoms with van der Waals surface area (Å²) in [6.07, 6.45) is 0. The molecule has 8 aromatic carbocycles. The van der Waals surface area contributed by atoms with Crippen LogP contribution < -0.4 is 0 Å². The van der Waals surface area contributed by atoms with Gasteiger partial charge in [-0.2, -0.15) is 0 Å². The smallest absolute Gasteiger partial charge is 0.0619 e. The zero-order valence-electron chi connectivity index (χ0n) is 26.1. The van der Waals surface area contributed by atoms with Crippen molar-refractivity contribution in [3.63, 3.8) is 0 Å². The molecule has 0 N–H and O–H groups in total. The van der Waals surface area contributed by atoms with Gasteiger partial charge in [-0.25, -0.2) is 0 Å². The molecule has 48 heavy (non-hydrogen) atoms. The first-order valence-electron chi connectivity index (χ1n) is 16.6. The van der Waals surface area contributed by atoms with Crippen LogP contribution in [0.1, 0.15) is 0 Å². The topological polar surface area (TPSA) is 9.86 Å². The van der Waals surface area contributed by atoms with Gasteiger partial charge in [-0.3, -0.25) is 0 Å². The zero-order chi connectivity index (χ0) is 31.3. The number of nitrogens with zero attached hydrogens (tertiary/aromatic N) is 2. The minimum Gasteiger partial charge on any atom is -0.309 e. The third-order valence-corrected chi connectivity index (χ3v) is 10.4. The molecule has 222 valence electrons. The van der Waals surface area contributed by atoms with Crippen molar-refractivity contribution in [2.75, 3.05) is 0 Å². The van der Waals surface area contributed by atoms with Crippen molar-refractivity contribution < 1.29 is 0 Å². The molecule has 0 saturated heterocycles. The first kappa shape index (κ1) is 25.8. The minimum absolute atomic E-state index is 1.18. The number of hydrogen-bond donors (Lipinski definition) is 0. The highest BCUT2D eigenvalue weighted by atomic mass is 15.0. The van der Waals surface area contributed by atoms with E-state index in [0.29, 0.717) is 0 Å². The van der Waals surface area contributed by atoms with Gasteiger partial charge >= 0.3 is 0 Å². The minimum atomic E-state index is 1.18. The fourth-order valence-electron chi connectivity index (χ4n) is 8.31. The summed E-state index contributed by atoms with van der Waals surface area (Å²) >= 11 is 0. The van der Waals surface area contributed by atoms with Crippen LogP contribution >= 0.6 is 0 Å². The zero-order valence-corrected chi connectivity index (χ0v) is 26.1. The fourth-order valence-corrected chi connectivity index (χ4v) is 8.31. The molecule has 11 rings (SSSR count). The van der Waals surface area contributed by atoms with E-state index < -0.39 is 0 Å². The predicted molar refractivity (Wildman–Crippen MR) is 202 cm³/mol. The lowest BCUT2D eigenvalue weighted by Crippen LogP contribution is -1.95. The Morgan fingerprint density at radius 2 is 0.896 bits per heavy atom. The van der Waals surface area contributed by atoms with Gasteiger partial charge < -0.3 is 9.13 Å². The molecule has 2 aromatic heterocycles. The largest absolute Gasteiger partial charge is 0.309 e. The van der Waals surface area contributed by atoms with Gasteiger partial charge in [-0.05, 0) is 81.6 Å². The highest BCUT2D eigenvalue weighted by Gasteiger charge is 2.24. The van der Waals surface area contributed by atoms with Gasteiger partial charge in [0.2, 0.25) is 0 Å². The molecule has 0 amide bonds. The number of rotatable bonds is 2. The molecule has 0 fully saturated rings. The van der Waals surface area contributed by atoms with Crippen molar-refractivity contribution in [2.24, 2.45) is 0 Å².